The summed E-state index contributed by atoms with van der Waals surface area (Å²) in [5, 5.41) is 2.75. The average molecular weight is 295 g/mol. The van der Waals surface area contributed by atoms with Gasteiger partial charge in [0.15, 0.2) is 0 Å². The van der Waals surface area contributed by atoms with Gasteiger partial charge in [-0.05, 0) is 29.8 Å². The molecule has 0 spiro atoms. The number of H-pyrrole nitrogens is 1. The Morgan fingerprint density at radius 2 is 2.05 bits per heavy atom. The predicted octanol–water partition coefficient (Wildman–Crippen LogP) is 2.55. The number of benzene rings is 1. The first-order valence-corrected chi connectivity index (χ1v) is 8.22. The molecule has 1 unspecified atom stereocenters. The van der Waals surface area contributed by atoms with E-state index in [1.165, 1.54) is 0 Å². The Morgan fingerprint density at radius 3 is 3.00 bits per heavy atom. The molecular formula is C16H13N3OS. The summed E-state index contributed by atoms with van der Waals surface area (Å²) < 4.78 is 16.3. The molecule has 2 aromatic heterocycles. The lowest BCUT2D eigenvalue weighted by molar-refractivity contribution is 0.676. The molecule has 104 valence electrons. The smallest absolute Gasteiger partial charge is 0.137 e. The Labute approximate surface area is 122 Å². The molecule has 0 radical (unpaired) electrons. The highest BCUT2D eigenvalue weighted by Crippen LogP contribution is 2.23. The topological polar surface area (TPSA) is 57.8 Å². The summed E-state index contributed by atoms with van der Waals surface area (Å²) in [7, 11) is -2.47. The third-order valence-corrected chi connectivity index (χ3v) is 5.63. The molecule has 0 fully saturated rings. The molecule has 0 saturated carbocycles. The number of rotatable bonds is 1. The zero-order chi connectivity index (χ0) is 14.3. The van der Waals surface area contributed by atoms with Crippen LogP contribution in [0.3, 0.4) is 0 Å². The van der Waals surface area contributed by atoms with Crippen LogP contribution in [0.2, 0.25) is 0 Å². The lowest BCUT2D eigenvalue weighted by Crippen LogP contribution is -2.24. The number of hydrogen-bond acceptors (Lipinski definition) is 2. The van der Waals surface area contributed by atoms with Crippen molar-refractivity contribution < 1.29 is 4.21 Å². The van der Waals surface area contributed by atoms with Crippen molar-refractivity contribution in [1.29, 1.82) is 0 Å². The fourth-order valence-electron chi connectivity index (χ4n) is 2.53. The molecule has 3 heterocycles. The van der Waals surface area contributed by atoms with Gasteiger partial charge in [-0.15, -0.1) is 0 Å². The van der Waals surface area contributed by atoms with Crippen molar-refractivity contribution in [2.75, 3.05) is 0 Å². The molecule has 4 rings (SSSR count). The minimum Gasteiger partial charge on any atom is -0.346 e. The SMILES string of the molecule is O=S1(=Cc2c[nH]c3ncccc23)NC=Cc2ccccc21. The summed E-state index contributed by atoms with van der Waals surface area (Å²) >= 11 is 0. The first kappa shape index (κ1) is 12.2. The monoisotopic (exact) mass is 295 g/mol. The Morgan fingerprint density at radius 1 is 1.14 bits per heavy atom. The van der Waals surface area contributed by atoms with Crippen molar-refractivity contribution in [3.05, 3.63) is 66.1 Å². The highest BCUT2D eigenvalue weighted by atomic mass is 32.2. The Kier molecular flexibility index (Phi) is 2.62. The normalized spacial score (nSPS) is 20.0. The number of hydrogen-bond donors (Lipinski definition) is 2. The van der Waals surface area contributed by atoms with Gasteiger partial charge in [-0.2, -0.15) is 0 Å². The van der Waals surface area contributed by atoms with Crippen LogP contribution < -0.4 is 4.72 Å². The number of pyridine rings is 1. The summed E-state index contributed by atoms with van der Waals surface area (Å²) in [6.07, 6.45) is 7.25. The van der Waals surface area contributed by atoms with Gasteiger partial charge in [0.25, 0.3) is 0 Å². The summed E-state index contributed by atoms with van der Waals surface area (Å²) in [6.45, 7) is 0. The van der Waals surface area contributed by atoms with Gasteiger partial charge in [0, 0.05) is 34.9 Å². The second kappa shape index (κ2) is 4.49. The second-order valence-corrected chi connectivity index (χ2v) is 6.96. The maximum Gasteiger partial charge on any atom is 0.137 e. The molecule has 4 nitrogen and oxygen atoms in total. The number of nitrogens with zero attached hydrogens (tertiary/aromatic N) is 1. The van der Waals surface area contributed by atoms with E-state index < -0.39 is 9.71 Å². The standard InChI is InChI=1S/C16H13N3OS/c20-21(15-6-2-1-4-12(15)7-9-19-21)11-13-10-18-16-14(13)5-3-8-17-16/h1-11H,(H,17,18)(H,19,20). The zero-order valence-corrected chi connectivity index (χ0v) is 11.9. The van der Waals surface area contributed by atoms with Crippen molar-refractivity contribution in [1.82, 2.24) is 14.7 Å². The van der Waals surface area contributed by atoms with Crippen molar-refractivity contribution in [3.63, 3.8) is 0 Å². The van der Waals surface area contributed by atoms with E-state index in [2.05, 4.69) is 14.7 Å². The van der Waals surface area contributed by atoms with Gasteiger partial charge in [-0.3, -0.25) is 0 Å². The lowest BCUT2D eigenvalue weighted by atomic mass is 10.2. The third kappa shape index (κ3) is 1.94. The van der Waals surface area contributed by atoms with E-state index in [1.54, 1.807) is 17.8 Å². The third-order valence-electron chi connectivity index (χ3n) is 3.53. The summed E-state index contributed by atoms with van der Waals surface area (Å²) in [4.78, 5) is 8.18. The summed E-state index contributed by atoms with van der Waals surface area (Å²) in [6, 6.07) is 11.6. The highest BCUT2D eigenvalue weighted by molar-refractivity contribution is 8.00. The highest BCUT2D eigenvalue weighted by Gasteiger charge is 2.17. The van der Waals surface area contributed by atoms with Crippen LogP contribution in [0.25, 0.3) is 17.1 Å². The Hall–Kier alpha value is -2.53. The van der Waals surface area contributed by atoms with Crippen LogP contribution >= 0.6 is 0 Å². The average Bonchev–Trinajstić information content (AvgIpc) is 2.91. The van der Waals surface area contributed by atoms with E-state index in [0.717, 1.165) is 27.1 Å². The predicted molar refractivity (Wildman–Crippen MR) is 86.3 cm³/mol. The summed E-state index contributed by atoms with van der Waals surface area (Å²) in [5.41, 5.74) is 2.67. The van der Waals surface area contributed by atoms with E-state index in [1.807, 2.05) is 48.7 Å². The largest absolute Gasteiger partial charge is 0.346 e. The maximum absolute atomic E-state index is 13.3. The van der Waals surface area contributed by atoms with Crippen LogP contribution in [0.1, 0.15) is 11.1 Å². The molecular weight excluding hydrogens is 282 g/mol. The van der Waals surface area contributed by atoms with E-state index in [-0.39, 0.29) is 0 Å². The van der Waals surface area contributed by atoms with Gasteiger partial charge in [0.1, 0.15) is 5.65 Å². The minimum absolute atomic E-state index is 0.798. The first-order valence-electron chi connectivity index (χ1n) is 6.60. The van der Waals surface area contributed by atoms with E-state index in [9.17, 15) is 4.21 Å². The molecule has 0 saturated heterocycles. The van der Waals surface area contributed by atoms with Gasteiger partial charge in [-0.1, -0.05) is 18.2 Å². The molecule has 5 heteroatoms. The summed E-state index contributed by atoms with van der Waals surface area (Å²) in [5.74, 6) is 0. The fraction of sp³-hybridized carbons (Fsp3) is 0. The van der Waals surface area contributed by atoms with Gasteiger partial charge in [-0.25, -0.2) is 9.19 Å². The van der Waals surface area contributed by atoms with Crippen LogP contribution in [0.4, 0.5) is 0 Å². The van der Waals surface area contributed by atoms with Gasteiger partial charge < -0.3 is 9.71 Å². The molecule has 1 aromatic carbocycles. The minimum atomic E-state index is -2.47. The van der Waals surface area contributed by atoms with Crippen LogP contribution in [-0.2, 0) is 9.71 Å². The van der Waals surface area contributed by atoms with Gasteiger partial charge in [0.2, 0.25) is 0 Å². The Bertz CT molecular complexity index is 978. The van der Waals surface area contributed by atoms with Crippen molar-refractivity contribution in [2.45, 2.75) is 4.90 Å². The molecule has 1 atom stereocenters. The molecule has 1 aliphatic rings. The van der Waals surface area contributed by atoms with Crippen molar-refractivity contribution in [3.8, 4) is 0 Å². The van der Waals surface area contributed by atoms with Crippen LogP contribution in [0.15, 0.2) is 59.9 Å². The molecule has 2 N–H and O–H groups in total. The zero-order valence-electron chi connectivity index (χ0n) is 11.1. The van der Waals surface area contributed by atoms with E-state index in [4.69, 9.17) is 0 Å². The number of aromatic nitrogens is 2. The number of nitrogens with one attached hydrogen (secondary N) is 2. The molecule has 21 heavy (non-hydrogen) atoms. The maximum atomic E-state index is 13.3. The number of aromatic amines is 1. The van der Waals surface area contributed by atoms with E-state index in [0.29, 0.717) is 0 Å². The van der Waals surface area contributed by atoms with Crippen LogP contribution in [-0.4, -0.2) is 19.5 Å². The van der Waals surface area contributed by atoms with Crippen LogP contribution in [0, 0.1) is 0 Å². The molecule has 0 bridgehead atoms. The van der Waals surface area contributed by atoms with Crippen molar-refractivity contribution >= 4 is 32.2 Å². The molecule has 1 aliphatic heterocycles. The molecule has 3 aromatic rings. The van der Waals surface area contributed by atoms with Crippen LogP contribution in [0.5, 0.6) is 0 Å². The van der Waals surface area contributed by atoms with Crippen molar-refractivity contribution in [2.24, 2.45) is 0 Å². The van der Waals surface area contributed by atoms with Gasteiger partial charge >= 0.3 is 0 Å². The number of fused-ring (bicyclic) bond motifs is 2. The molecule has 0 amide bonds. The first-order chi connectivity index (χ1) is 10.3. The second-order valence-electron chi connectivity index (χ2n) is 4.85. The molecule has 0 aliphatic carbocycles. The van der Waals surface area contributed by atoms with Gasteiger partial charge in [0.05, 0.1) is 14.6 Å². The van der Waals surface area contributed by atoms with E-state index >= 15 is 0 Å². The quantitative estimate of drug-likeness (QED) is 0.678. The Balaban J connectivity index is 1.97. The lowest BCUT2D eigenvalue weighted by Gasteiger charge is -2.18. The fourth-order valence-corrected chi connectivity index (χ4v) is 4.45.